The number of hydrogen-bond donors (Lipinski definition) is 1. The van der Waals surface area contributed by atoms with E-state index in [2.05, 4.69) is 29.4 Å². The van der Waals surface area contributed by atoms with Crippen LogP contribution in [0.1, 0.15) is 31.8 Å². The maximum absolute atomic E-state index is 13.8. The summed E-state index contributed by atoms with van der Waals surface area (Å²) in [6.07, 6.45) is 1.33. The molecule has 3 aliphatic rings. The smallest absolute Gasteiger partial charge is 0.196 e. The van der Waals surface area contributed by atoms with Gasteiger partial charge in [0.25, 0.3) is 0 Å². The molecule has 1 heterocycles. The fraction of sp³-hybridized carbons (Fsp3) is 0.194. The van der Waals surface area contributed by atoms with E-state index < -0.39 is 6.10 Å². The maximum Gasteiger partial charge on any atom is 0.196 e. The molecule has 1 N–H and O–H groups in total. The Balaban J connectivity index is 1.33. The summed E-state index contributed by atoms with van der Waals surface area (Å²) in [6, 6.07) is 23.1. The Bertz CT molecular complexity index is 1520. The molecule has 6 rings (SSSR count). The number of benzene rings is 3. The van der Waals surface area contributed by atoms with E-state index in [4.69, 9.17) is 9.73 Å². The van der Waals surface area contributed by atoms with Gasteiger partial charge < -0.3 is 15.0 Å². The number of aryl methyl sites for hydroxylation is 1. The van der Waals surface area contributed by atoms with Crippen molar-refractivity contribution in [3.8, 4) is 5.75 Å². The predicted molar refractivity (Wildman–Crippen MR) is 144 cm³/mol. The molecule has 0 saturated heterocycles. The van der Waals surface area contributed by atoms with E-state index in [1.54, 1.807) is 24.3 Å². The van der Waals surface area contributed by atoms with Crippen LogP contribution in [-0.4, -0.2) is 48.4 Å². The van der Waals surface area contributed by atoms with Gasteiger partial charge in [-0.3, -0.25) is 9.59 Å². The minimum atomic E-state index is -0.555. The maximum atomic E-state index is 13.8. The van der Waals surface area contributed by atoms with E-state index in [1.807, 2.05) is 49.4 Å². The molecule has 1 unspecified atom stereocenters. The Morgan fingerprint density at radius 3 is 2.38 bits per heavy atom. The van der Waals surface area contributed by atoms with Gasteiger partial charge in [-0.05, 0) is 43.3 Å². The van der Waals surface area contributed by atoms with Crippen LogP contribution in [0, 0.1) is 6.92 Å². The van der Waals surface area contributed by atoms with Crippen LogP contribution in [0.5, 0.6) is 5.75 Å². The third-order valence-corrected chi connectivity index (χ3v) is 6.95. The zero-order valence-electron chi connectivity index (χ0n) is 20.8. The fourth-order valence-corrected chi connectivity index (χ4v) is 5.13. The van der Waals surface area contributed by atoms with Crippen molar-refractivity contribution >= 4 is 23.0 Å². The second-order valence-electron chi connectivity index (χ2n) is 9.69. The number of nitrogens with one attached hydrogen (secondary N) is 1. The van der Waals surface area contributed by atoms with Crippen LogP contribution >= 0.6 is 0 Å². The molecule has 1 aliphatic heterocycles. The first-order chi connectivity index (χ1) is 18.0. The average molecular weight is 490 g/mol. The number of rotatable bonds is 6. The molecule has 3 aromatic carbocycles. The summed E-state index contributed by atoms with van der Waals surface area (Å²) in [5, 5.41) is 3.44. The molecular weight excluding hydrogens is 462 g/mol. The number of ether oxygens (including phenoxy) is 1. The first-order valence-electron chi connectivity index (χ1n) is 12.5. The van der Waals surface area contributed by atoms with Crippen molar-refractivity contribution in [2.24, 2.45) is 4.99 Å². The lowest BCUT2D eigenvalue weighted by molar-refractivity contribution is 0.0978. The molecule has 0 spiro atoms. The van der Waals surface area contributed by atoms with Gasteiger partial charge >= 0.3 is 0 Å². The molecule has 0 aromatic heterocycles. The molecule has 3 aromatic rings. The molecule has 0 bridgehead atoms. The zero-order chi connectivity index (χ0) is 25.5. The molecule has 2 aliphatic carbocycles. The number of carbonyl (C=O) groups is 2. The van der Waals surface area contributed by atoms with Crippen LogP contribution in [-0.2, 0) is 6.54 Å². The molecule has 0 fully saturated rings. The minimum absolute atomic E-state index is 0.169. The van der Waals surface area contributed by atoms with Gasteiger partial charge in [0, 0.05) is 36.5 Å². The SMILES string of the molecule is Cc1ccc2c(c1)N=C1C3=C(C(=O)c4ccccc4C3=O)C(NCCN(C)Cc3ccccc3)=CC1O2. The third-order valence-electron chi connectivity index (χ3n) is 6.95. The summed E-state index contributed by atoms with van der Waals surface area (Å²) in [4.78, 5) is 34.5. The monoisotopic (exact) mass is 489 g/mol. The Hall–Kier alpha value is -4.29. The molecule has 184 valence electrons. The summed E-state index contributed by atoms with van der Waals surface area (Å²) in [5.74, 6) is 0.302. The van der Waals surface area contributed by atoms with E-state index in [0.717, 1.165) is 18.7 Å². The van der Waals surface area contributed by atoms with Crippen molar-refractivity contribution in [1.29, 1.82) is 0 Å². The Labute approximate surface area is 216 Å². The highest BCUT2D eigenvalue weighted by Gasteiger charge is 2.42. The normalized spacial score (nSPS) is 17.8. The Morgan fingerprint density at radius 2 is 1.62 bits per heavy atom. The van der Waals surface area contributed by atoms with E-state index in [0.29, 0.717) is 51.7 Å². The lowest BCUT2D eigenvalue weighted by Crippen LogP contribution is -2.42. The van der Waals surface area contributed by atoms with Crippen molar-refractivity contribution in [2.75, 3.05) is 20.1 Å². The molecule has 0 radical (unpaired) electrons. The van der Waals surface area contributed by atoms with Crippen molar-refractivity contribution < 1.29 is 14.3 Å². The van der Waals surface area contributed by atoms with Gasteiger partial charge in [-0.15, -0.1) is 0 Å². The zero-order valence-corrected chi connectivity index (χ0v) is 20.8. The van der Waals surface area contributed by atoms with Crippen molar-refractivity contribution in [3.05, 3.63) is 118 Å². The summed E-state index contributed by atoms with van der Waals surface area (Å²) in [6.45, 7) is 4.16. The molecular formula is C31H27N3O3. The highest BCUT2D eigenvalue weighted by atomic mass is 16.5. The number of carbonyl (C=O) groups excluding carboxylic acids is 2. The second kappa shape index (κ2) is 9.30. The molecule has 37 heavy (non-hydrogen) atoms. The van der Waals surface area contributed by atoms with Gasteiger partial charge in [-0.1, -0.05) is 60.7 Å². The summed E-state index contributed by atoms with van der Waals surface area (Å²) < 4.78 is 6.29. The topological polar surface area (TPSA) is 71.0 Å². The molecule has 1 atom stereocenters. The van der Waals surface area contributed by atoms with Crippen LogP contribution in [0.3, 0.4) is 0 Å². The summed E-state index contributed by atoms with van der Waals surface area (Å²) in [5.41, 5.74) is 5.62. The summed E-state index contributed by atoms with van der Waals surface area (Å²) >= 11 is 0. The van der Waals surface area contributed by atoms with Gasteiger partial charge in [-0.25, -0.2) is 4.99 Å². The number of aliphatic imine (C=N–C) groups is 1. The average Bonchev–Trinajstić information content (AvgIpc) is 2.90. The van der Waals surface area contributed by atoms with Crippen molar-refractivity contribution in [2.45, 2.75) is 19.6 Å². The number of hydrogen-bond acceptors (Lipinski definition) is 6. The van der Waals surface area contributed by atoms with Crippen LogP contribution < -0.4 is 10.1 Å². The van der Waals surface area contributed by atoms with Gasteiger partial charge in [-0.2, -0.15) is 0 Å². The lowest BCUT2D eigenvalue weighted by atomic mass is 9.76. The number of Topliss-reactive ketones (excluding diaryl/α,β-unsaturated/α-hetero) is 2. The van der Waals surface area contributed by atoms with Gasteiger partial charge in [0.1, 0.15) is 11.4 Å². The van der Waals surface area contributed by atoms with Gasteiger partial charge in [0.15, 0.2) is 17.7 Å². The highest BCUT2D eigenvalue weighted by molar-refractivity contribution is 6.40. The van der Waals surface area contributed by atoms with E-state index in [9.17, 15) is 9.59 Å². The number of allylic oxidation sites excluding steroid dienone is 1. The van der Waals surface area contributed by atoms with E-state index >= 15 is 0 Å². The summed E-state index contributed by atoms with van der Waals surface area (Å²) in [7, 11) is 2.06. The fourth-order valence-electron chi connectivity index (χ4n) is 5.13. The van der Waals surface area contributed by atoms with Gasteiger partial charge in [0.05, 0.1) is 16.9 Å². The van der Waals surface area contributed by atoms with Gasteiger partial charge in [0.2, 0.25) is 0 Å². The molecule has 6 heteroatoms. The van der Waals surface area contributed by atoms with E-state index in [1.165, 1.54) is 5.56 Å². The number of nitrogens with zero attached hydrogens (tertiary/aromatic N) is 2. The first-order valence-corrected chi connectivity index (χ1v) is 12.5. The van der Waals surface area contributed by atoms with Crippen LogP contribution in [0.15, 0.2) is 101 Å². The quantitative estimate of drug-likeness (QED) is 0.537. The minimum Gasteiger partial charge on any atom is -0.478 e. The van der Waals surface area contributed by atoms with Crippen LogP contribution in [0.25, 0.3) is 0 Å². The largest absolute Gasteiger partial charge is 0.478 e. The Kier molecular flexibility index (Phi) is 5.81. The van der Waals surface area contributed by atoms with E-state index in [-0.39, 0.29) is 11.6 Å². The highest BCUT2D eigenvalue weighted by Crippen LogP contribution is 2.41. The molecule has 0 amide bonds. The first kappa shape index (κ1) is 23.1. The van der Waals surface area contributed by atoms with Crippen LogP contribution in [0.4, 0.5) is 5.69 Å². The molecule has 6 nitrogen and oxygen atoms in total. The third kappa shape index (κ3) is 4.19. The number of ketones is 2. The standard InChI is InChI=1S/C31H27N3O3/c1-19-12-13-25-23(16-19)33-29-26(37-25)17-24(32-14-15-34(2)18-20-8-4-3-5-9-20)27-28(29)31(36)22-11-7-6-10-21(22)30(27)35/h3-13,16-17,26,32H,14-15,18H2,1-2H3. The second-order valence-corrected chi connectivity index (χ2v) is 9.69. The Morgan fingerprint density at radius 1 is 0.919 bits per heavy atom. The predicted octanol–water partition coefficient (Wildman–Crippen LogP) is 4.82. The van der Waals surface area contributed by atoms with Crippen molar-refractivity contribution in [3.63, 3.8) is 0 Å². The van der Waals surface area contributed by atoms with Crippen molar-refractivity contribution in [1.82, 2.24) is 10.2 Å². The lowest BCUT2D eigenvalue weighted by Gasteiger charge is -2.33. The van der Waals surface area contributed by atoms with Crippen LogP contribution in [0.2, 0.25) is 0 Å². The molecule has 0 saturated carbocycles. The number of likely N-dealkylation sites (N-methyl/N-ethyl adjacent to an activating group) is 1. The number of fused-ring (bicyclic) bond motifs is 4.